The fraction of sp³-hybridized carbons (Fsp3) is 0.188. The van der Waals surface area contributed by atoms with Crippen LogP contribution in [0.25, 0.3) is 10.9 Å². The third kappa shape index (κ3) is 2.54. The molecule has 21 heavy (non-hydrogen) atoms. The van der Waals surface area contributed by atoms with E-state index in [9.17, 15) is 0 Å². The van der Waals surface area contributed by atoms with Crippen LogP contribution in [0.4, 0.5) is 11.4 Å². The van der Waals surface area contributed by atoms with E-state index in [0.29, 0.717) is 17.3 Å². The number of benzene rings is 2. The summed E-state index contributed by atoms with van der Waals surface area (Å²) in [5.74, 6) is 0. The van der Waals surface area contributed by atoms with Gasteiger partial charge in [-0.3, -0.25) is 4.68 Å². The van der Waals surface area contributed by atoms with Gasteiger partial charge in [0.25, 0.3) is 0 Å². The van der Waals surface area contributed by atoms with Gasteiger partial charge in [0.15, 0.2) is 0 Å². The number of hydrogen-bond donors (Lipinski definition) is 1. The van der Waals surface area contributed by atoms with E-state index in [1.54, 1.807) is 6.07 Å². The van der Waals surface area contributed by atoms with Gasteiger partial charge in [-0.15, -0.1) is 0 Å². The average molecular weight is 301 g/mol. The summed E-state index contributed by atoms with van der Waals surface area (Å²) in [6.07, 6.45) is 0. The maximum absolute atomic E-state index is 6.06. The van der Waals surface area contributed by atoms with E-state index in [0.717, 1.165) is 22.3 Å². The number of nitrogens with two attached hydrogens (primary N) is 1. The van der Waals surface area contributed by atoms with Gasteiger partial charge in [0.1, 0.15) is 0 Å². The van der Waals surface area contributed by atoms with E-state index in [2.05, 4.69) is 22.1 Å². The molecule has 0 unspecified atom stereocenters. The summed E-state index contributed by atoms with van der Waals surface area (Å²) < 4.78 is 1.90. The minimum atomic E-state index is 0.673. The fourth-order valence-corrected chi connectivity index (χ4v) is 2.73. The highest BCUT2D eigenvalue weighted by Gasteiger charge is 2.12. The SMILES string of the molecule is CN(Cc1nn(C)c2ccccc12)c1cc(Cl)ccc1N. The molecule has 0 atom stereocenters. The van der Waals surface area contributed by atoms with Gasteiger partial charge in [-0.25, -0.2) is 0 Å². The number of nitrogens with zero attached hydrogens (tertiary/aromatic N) is 3. The van der Waals surface area contributed by atoms with E-state index in [-0.39, 0.29) is 0 Å². The van der Waals surface area contributed by atoms with Crippen molar-refractivity contribution in [2.24, 2.45) is 7.05 Å². The second-order valence-corrected chi connectivity index (χ2v) is 5.58. The minimum Gasteiger partial charge on any atom is -0.397 e. The molecule has 0 aliphatic heterocycles. The standard InChI is InChI=1S/C16H17ClN4/c1-20(16-9-11(17)7-8-13(16)18)10-14-12-5-3-4-6-15(12)21(2)19-14/h3-9H,10,18H2,1-2H3. The van der Waals surface area contributed by atoms with E-state index < -0.39 is 0 Å². The molecule has 1 heterocycles. The van der Waals surface area contributed by atoms with Crippen LogP contribution in [0.2, 0.25) is 5.02 Å². The van der Waals surface area contributed by atoms with Gasteiger partial charge in [0.2, 0.25) is 0 Å². The van der Waals surface area contributed by atoms with E-state index in [1.165, 1.54) is 0 Å². The number of hydrogen-bond acceptors (Lipinski definition) is 3. The summed E-state index contributed by atoms with van der Waals surface area (Å²) in [6, 6.07) is 13.7. The summed E-state index contributed by atoms with van der Waals surface area (Å²) in [6.45, 7) is 0.673. The zero-order valence-electron chi connectivity index (χ0n) is 12.0. The molecule has 0 bridgehead atoms. The first-order chi connectivity index (χ1) is 10.1. The zero-order chi connectivity index (χ0) is 15.0. The van der Waals surface area contributed by atoms with Crippen molar-refractivity contribution in [2.45, 2.75) is 6.54 Å². The van der Waals surface area contributed by atoms with Gasteiger partial charge in [0, 0.05) is 24.5 Å². The molecule has 0 spiro atoms. The van der Waals surface area contributed by atoms with Crippen molar-refractivity contribution < 1.29 is 0 Å². The first-order valence-corrected chi connectivity index (χ1v) is 7.11. The zero-order valence-corrected chi connectivity index (χ0v) is 12.8. The van der Waals surface area contributed by atoms with Crippen LogP contribution in [0.15, 0.2) is 42.5 Å². The third-order valence-corrected chi connectivity index (χ3v) is 3.86. The van der Waals surface area contributed by atoms with Gasteiger partial charge >= 0.3 is 0 Å². The summed E-state index contributed by atoms with van der Waals surface area (Å²) in [5.41, 5.74) is 9.81. The summed E-state index contributed by atoms with van der Waals surface area (Å²) in [4.78, 5) is 2.07. The van der Waals surface area contributed by atoms with E-state index >= 15 is 0 Å². The van der Waals surface area contributed by atoms with Crippen LogP contribution in [0.1, 0.15) is 5.69 Å². The lowest BCUT2D eigenvalue weighted by atomic mass is 10.2. The Hall–Kier alpha value is -2.20. The first kappa shape index (κ1) is 13.8. The van der Waals surface area contributed by atoms with Crippen LogP contribution in [-0.2, 0) is 13.6 Å². The fourth-order valence-electron chi connectivity index (χ4n) is 2.56. The quantitative estimate of drug-likeness (QED) is 0.754. The lowest BCUT2D eigenvalue weighted by Crippen LogP contribution is -2.18. The molecule has 2 aromatic carbocycles. The van der Waals surface area contributed by atoms with E-state index in [1.807, 2.05) is 43.0 Å². The highest BCUT2D eigenvalue weighted by Crippen LogP contribution is 2.28. The van der Waals surface area contributed by atoms with Crippen molar-refractivity contribution in [3.8, 4) is 0 Å². The highest BCUT2D eigenvalue weighted by molar-refractivity contribution is 6.31. The predicted octanol–water partition coefficient (Wildman–Crippen LogP) is 3.45. The van der Waals surface area contributed by atoms with Gasteiger partial charge in [-0.05, 0) is 24.3 Å². The molecule has 0 saturated heterocycles. The van der Waals surface area contributed by atoms with Crippen LogP contribution in [-0.4, -0.2) is 16.8 Å². The Balaban J connectivity index is 1.96. The number of rotatable bonds is 3. The molecule has 3 rings (SSSR count). The number of anilines is 2. The minimum absolute atomic E-state index is 0.673. The molecular formula is C16H17ClN4. The lowest BCUT2D eigenvalue weighted by molar-refractivity contribution is 0.755. The highest BCUT2D eigenvalue weighted by atomic mass is 35.5. The molecule has 0 radical (unpaired) electrons. The largest absolute Gasteiger partial charge is 0.397 e. The molecule has 108 valence electrons. The van der Waals surface area contributed by atoms with Gasteiger partial charge < -0.3 is 10.6 Å². The van der Waals surface area contributed by atoms with Crippen molar-refractivity contribution in [2.75, 3.05) is 17.7 Å². The lowest BCUT2D eigenvalue weighted by Gasteiger charge is -2.20. The summed E-state index contributed by atoms with van der Waals surface area (Å²) >= 11 is 6.06. The maximum atomic E-state index is 6.06. The molecule has 4 nitrogen and oxygen atoms in total. The number of aryl methyl sites for hydroxylation is 1. The summed E-state index contributed by atoms with van der Waals surface area (Å²) in [5, 5.41) is 6.45. The van der Waals surface area contributed by atoms with Crippen LogP contribution in [0.3, 0.4) is 0 Å². The Morgan fingerprint density at radius 2 is 2.00 bits per heavy atom. The van der Waals surface area contributed by atoms with Crippen molar-refractivity contribution >= 4 is 33.9 Å². The molecule has 0 aliphatic rings. The second kappa shape index (κ2) is 5.30. The molecule has 0 amide bonds. The number of fused-ring (bicyclic) bond motifs is 1. The number of nitrogen functional groups attached to an aromatic ring is 1. The molecule has 2 N–H and O–H groups in total. The predicted molar refractivity (Wildman–Crippen MR) is 88.7 cm³/mol. The molecule has 5 heteroatoms. The van der Waals surface area contributed by atoms with Crippen molar-refractivity contribution in [1.29, 1.82) is 0 Å². The van der Waals surface area contributed by atoms with Gasteiger partial charge in [-0.2, -0.15) is 5.10 Å². The Kier molecular flexibility index (Phi) is 3.47. The smallest absolute Gasteiger partial charge is 0.0896 e. The second-order valence-electron chi connectivity index (χ2n) is 5.15. The molecule has 3 aromatic rings. The van der Waals surface area contributed by atoms with Crippen LogP contribution < -0.4 is 10.6 Å². The monoisotopic (exact) mass is 300 g/mol. The number of aromatic nitrogens is 2. The van der Waals surface area contributed by atoms with Crippen molar-refractivity contribution in [1.82, 2.24) is 9.78 Å². The first-order valence-electron chi connectivity index (χ1n) is 6.73. The molecule has 0 fully saturated rings. The van der Waals surface area contributed by atoms with Gasteiger partial charge in [-0.1, -0.05) is 29.8 Å². The molecular weight excluding hydrogens is 284 g/mol. The van der Waals surface area contributed by atoms with Crippen LogP contribution >= 0.6 is 11.6 Å². The Labute approximate surface area is 128 Å². The Morgan fingerprint density at radius 3 is 2.81 bits per heavy atom. The van der Waals surface area contributed by atoms with Crippen molar-refractivity contribution in [3.05, 3.63) is 53.2 Å². The molecule has 1 aromatic heterocycles. The Bertz CT molecular complexity index is 794. The maximum Gasteiger partial charge on any atom is 0.0896 e. The van der Waals surface area contributed by atoms with Crippen molar-refractivity contribution in [3.63, 3.8) is 0 Å². The van der Waals surface area contributed by atoms with E-state index in [4.69, 9.17) is 17.3 Å². The molecule has 0 aliphatic carbocycles. The number of halogens is 1. The summed E-state index contributed by atoms with van der Waals surface area (Å²) in [7, 11) is 3.95. The molecule has 0 saturated carbocycles. The normalized spacial score (nSPS) is 11.0. The average Bonchev–Trinajstić information content (AvgIpc) is 2.78. The van der Waals surface area contributed by atoms with Crippen LogP contribution in [0, 0.1) is 0 Å². The van der Waals surface area contributed by atoms with Gasteiger partial charge in [0.05, 0.1) is 29.1 Å². The number of para-hydroxylation sites is 1. The third-order valence-electron chi connectivity index (χ3n) is 3.62. The topological polar surface area (TPSA) is 47.1 Å². The van der Waals surface area contributed by atoms with Crippen LogP contribution in [0.5, 0.6) is 0 Å². The Morgan fingerprint density at radius 1 is 1.24 bits per heavy atom.